The van der Waals surface area contributed by atoms with E-state index >= 15 is 0 Å². The molecule has 1 aliphatic carbocycles. The first-order valence-corrected chi connectivity index (χ1v) is 10.7. The molecule has 2 N–H and O–H groups in total. The Morgan fingerprint density at radius 3 is 2.68 bits per heavy atom. The van der Waals surface area contributed by atoms with E-state index < -0.39 is 0 Å². The number of rotatable bonds is 5. The maximum absolute atomic E-state index is 13.4. The smallest absolute Gasteiger partial charge is 0.258 e. The number of benzene rings is 2. The second-order valence-corrected chi connectivity index (χ2v) is 8.06. The number of pyridine rings is 1. The highest BCUT2D eigenvalue weighted by molar-refractivity contribution is 6.06. The summed E-state index contributed by atoms with van der Waals surface area (Å²) in [5.74, 6) is -0.168. The number of H-pyrrole nitrogens is 1. The molecule has 0 aliphatic heterocycles. The van der Waals surface area contributed by atoms with Gasteiger partial charge < -0.3 is 19.6 Å². The summed E-state index contributed by atoms with van der Waals surface area (Å²) in [4.78, 5) is 29.8. The largest absolute Gasteiger partial charge is 0.383 e. The number of aromatic nitrogens is 2. The van der Waals surface area contributed by atoms with Gasteiger partial charge >= 0.3 is 0 Å². The summed E-state index contributed by atoms with van der Waals surface area (Å²) in [7, 11) is 1.60. The van der Waals surface area contributed by atoms with E-state index in [4.69, 9.17) is 4.74 Å². The molecule has 1 aliphatic rings. The molecule has 0 spiro atoms. The summed E-state index contributed by atoms with van der Waals surface area (Å²) in [5.41, 5.74) is 3.89. The van der Waals surface area contributed by atoms with Crippen LogP contribution in [0, 0.1) is 0 Å². The predicted molar refractivity (Wildman–Crippen MR) is 122 cm³/mol. The Hall–Kier alpha value is -3.38. The summed E-state index contributed by atoms with van der Waals surface area (Å²) >= 11 is 0. The van der Waals surface area contributed by atoms with Crippen LogP contribution in [-0.4, -0.2) is 29.2 Å². The number of methoxy groups -OCH3 is 1. The Balaban J connectivity index is 1.53. The molecule has 0 saturated carbocycles. The number of hydrogen-bond donors (Lipinski definition) is 2. The fourth-order valence-electron chi connectivity index (χ4n) is 4.68. The van der Waals surface area contributed by atoms with Crippen LogP contribution in [0.25, 0.3) is 21.7 Å². The third kappa shape index (κ3) is 3.43. The lowest BCUT2D eigenvalue weighted by molar-refractivity contribution is 0.0932. The molecular formula is C25H25N3O3. The van der Waals surface area contributed by atoms with Crippen molar-refractivity contribution >= 4 is 27.6 Å². The van der Waals surface area contributed by atoms with E-state index in [2.05, 4.69) is 22.4 Å². The highest BCUT2D eigenvalue weighted by Gasteiger charge is 2.26. The van der Waals surface area contributed by atoms with Gasteiger partial charge in [-0.25, -0.2) is 0 Å². The second-order valence-electron chi connectivity index (χ2n) is 8.06. The van der Waals surface area contributed by atoms with Gasteiger partial charge in [-0.1, -0.05) is 36.4 Å². The van der Waals surface area contributed by atoms with Gasteiger partial charge in [0.2, 0.25) is 0 Å². The SMILES string of the molecule is COCCn1cc(C(=O)N[C@@H]2CCCc3c2[nH]c2ccccc32)c2ccccc2c1=O. The highest BCUT2D eigenvalue weighted by Crippen LogP contribution is 2.35. The zero-order chi connectivity index (χ0) is 21.4. The van der Waals surface area contributed by atoms with Crippen LogP contribution in [0.5, 0.6) is 0 Å². The van der Waals surface area contributed by atoms with Gasteiger partial charge in [-0.2, -0.15) is 0 Å². The number of hydrogen-bond acceptors (Lipinski definition) is 3. The number of aryl methyl sites for hydroxylation is 1. The summed E-state index contributed by atoms with van der Waals surface area (Å²) in [6, 6.07) is 15.5. The average molecular weight is 415 g/mol. The van der Waals surface area contributed by atoms with Gasteiger partial charge in [0.25, 0.3) is 11.5 Å². The first kappa shape index (κ1) is 19.6. The average Bonchev–Trinajstić information content (AvgIpc) is 3.18. The lowest BCUT2D eigenvalue weighted by Gasteiger charge is -2.24. The molecule has 2 heterocycles. The molecular weight excluding hydrogens is 390 g/mol. The maximum atomic E-state index is 13.4. The van der Waals surface area contributed by atoms with E-state index in [1.165, 1.54) is 10.9 Å². The van der Waals surface area contributed by atoms with Gasteiger partial charge in [-0.05, 0) is 37.0 Å². The molecule has 6 nitrogen and oxygen atoms in total. The van der Waals surface area contributed by atoms with Gasteiger partial charge in [-0.3, -0.25) is 9.59 Å². The Morgan fingerprint density at radius 2 is 1.87 bits per heavy atom. The molecule has 0 bridgehead atoms. The van der Waals surface area contributed by atoms with Crippen molar-refractivity contribution in [3.63, 3.8) is 0 Å². The topological polar surface area (TPSA) is 76.1 Å². The molecule has 4 aromatic rings. The van der Waals surface area contributed by atoms with Crippen LogP contribution in [0.3, 0.4) is 0 Å². The van der Waals surface area contributed by atoms with Gasteiger partial charge in [0.15, 0.2) is 0 Å². The standard InChI is InChI=1S/C25H25N3O3/c1-31-14-13-28-15-20(16-7-2-3-9-19(16)25(28)30)24(29)27-22-12-6-10-18-17-8-4-5-11-21(17)26-23(18)22/h2-5,7-9,11,15,22,26H,6,10,12-14H2,1H3,(H,27,29)/t22-/m1/s1. The van der Waals surface area contributed by atoms with Gasteiger partial charge in [0.05, 0.1) is 18.2 Å². The van der Waals surface area contributed by atoms with E-state index in [0.717, 1.165) is 30.5 Å². The lowest BCUT2D eigenvalue weighted by atomic mass is 9.91. The van der Waals surface area contributed by atoms with Crippen molar-refractivity contribution in [2.45, 2.75) is 31.8 Å². The molecule has 6 heteroatoms. The number of ether oxygens (including phenoxy) is 1. The number of amides is 1. The zero-order valence-electron chi connectivity index (χ0n) is 17.5. The van der Waals surface area contributed by atoms with Crippen LogP contribution in [0.2, 0.25) is 0 Å². The molecule has 1 amide bonds. The van der Waals surface area contributed by atoms with Gasteiger partial charge in [-0.15, -0.1) is 0 Å². The first-order valence-electron chi connectivity index (χ1n) is 10.7. The third-order valence-electron chi connectivity index (χ3n) is 6.19. The van der Waals surface area contributed by atoms with Crippen molar-refractivity contribution in [1.29, 1.82) is 0 Å². The Morgan fingerprint density at radius 1 is 1.13 bits per heavy atom. The monoisotopic (exact) mass is 415 g/mol. The molecule has 5 rings (SSSR count). The zero-order valence-corrected chi connectivity index (χ0v) is 17.5. The number of aromatic amines is 1. The normalized spacial score (nSPS) is 15.8. The van der Waals surface area contributed by atoms with Crippen molar-refractivity contribution in [3.05, 3.63) is 81.9 Å². The number of fused-ring (bicyclic) bond motifs is 4. The molecule has 31 heavy (non-hydrogen) atoms. The lowest BCUT2D eigenvalue weighted by Crippen LogP contribution is -2.33. The summed E-state index contributed by atoms with van der Waals surface area (Å²) in [6.07, 6.45) is 4.57. The molecule has 2 aromatic carbocycles. The van der Waals surface area contributed by atoms with E-state index in [1.807, 2.05) is 30.3 Å². The number of para-hydroxylation sites is 1. The van der Waals surface area contributed by atoms with E-state index in [9.17, 15) is 9.59 Å². The number of nitrogens with one attached hydrogen (secondary N) is 2. The summed E-state index contributed by atoms with van der Waals surface area (Å²) < 4.78 is 6.70. The quantitative estimate of drug-likeness (QED) is 0.518. The van der Waals surface area contributed by atoms with Crippen molar-refractivity contribution in [2.75, 3.05) is 13.7 Å². The van der Waals surface area contributed by atoms with Crippen molar-refractivity contribution in [2.24, 2.45) is 0 Å². The molecule has 2 aromatic heterocycles. The van der Waals surface area contributed by atoms with Crippen LogP contribution >= 0.6 is 0 Å². The molecule has 0 saturated heterocycles. The van der Waals surface area contributed by atoms with Crippen LogP contribution in [0.15, 0.2) is 59.5 Å². The van der Waals surface area contributed by atoms with Gasteiger partial charge in [0, 0.05) is 47.2 Å². The molecule has 1 atom stereocenters. The fourth-order valence-corrected chi connectivity index (χ4v) is 4.68. The minimum atomic E-state index is -0.168. The molecule has 0 unspecified atom stereocenters. The molecule has 158 valence electrons. The Labute approximate surface area is 179 Å². The van der Waals surface area contributed by atoms with Gasteiger partial charge in [0.1, 0.15) is 0 Å². The minimum absolute atomic E-state index is 0.0817. The molecule has 0 radical (unpaired) electrons. The van der Waals surface area contributed by atoms with Crippen molar-refractivity contribution in [3.8, 4) is 0 Å². The van der Waals surface area contributed by atoms with Crippen LogP contribution in [-0.2, 0) is 17.7 Å². The fraction of sp³-hybridized carbons (Fsp3) is 0.280. The van der Waals surface area contributed by atoms with E-state index in [1.54, 1.807) is 23.9 Å². The Bertz CT molecular complexity index is 1340. The summed E-state index contributed by atoms with van der Waals surface area (Å²) in [5, 5.41) is 5.68. The third-order valence-corrected chi connectivity index (χ3v) is 6.19. The second kappa shape index (κ2) is 8.04. The van der Waals surface area contributed by atoms with Crippen molar-refractivity contribution < 1.29 is 9.53 Å². The van der Waals surface area contributed by atoms with E-state index in [-0.39, 0.29) is 17.5 Å². The first-order chi connectivity index (χ1) is 15.2. The maximum Gasteiger partial charge on any atom is 0.258 e. The summed E-state index contributed by atoms with van der Waals surface area (Å²) in [6.45, 7) is 0.802. The number of nitrogens with zero attached hydrogens (tertiary/aromatic N) is 1. The highest BCUT2D eigenvalue weighted by atomic mass is 16.5. The number of carbonyl (C=O) groups is 1. The van der Waals surface area contributed by atoms with E-state index in [0.29, 0.717) is 29.5 Å². The number of carbonyl (C=O) groups excluding carboxylic acids is 1. The molecule has 0 fully saturated rings. The van der Waals surface area contributed by atoms with Crippen LogP contribution in [0.4, 0.5) is 0 Å². The van der Waals surface area contributed by atoms with Crippen LogP contribution in [0.1, 0.15) is 40.5 Å². The Kier molecular flexibility index (Phi) is 5.08. The van der Waals surface area contributed by atoms with Crippen LogP contribution < -0.4 is 10.9 Å². The van der Waals surface area contributed by atoms with Crippen molar-refractivity contribution in [1.82, 2.24) is 14.9 Å². The predicted octanol–water partition coefficient (Wildman–Crippen LogP) is 3.94. The minimum Gasteiger partial charge on any atom is -0.383 e.